The van der Waals surface area contributed by atoms with Gasteiger partial charge in [0.25, 0.3) is 0 Å². The number of ether oxygens (including phenoxy) is 1. The molecule has 0 fully saturated rings. The van der Waals surface area contributed by atoms with Gasteiger partial charge in [-0.1, -0.05) is 0 Å². The molecule has 0 unspecified atom stereocenters. The number of esters is 1. The van der Waals surface area contributed by atoms with Crippen LogP contribution in [0.5, 0.6) is 0 Å². The fraction of sp³-hybridized carbons (Fsp3) is 0.286. The Morgan fingerprint density at radius 1 is 1.64 bits per heavy atom. The van der Waals surface area contributed by atoms with E-state index < -0.39 is 5.97 Å². The largest absolute Gasteiger partial charge is 0.464 e. The second-order valence-corrected chi connectivity index (χ2v) is 1.88. The number of nitrogens with zero attached hydrogens (tertiary/aromatic N) is 2. The van der Waals surface area contributed by atoms with Gasteiger partial charge in [-0.25, -0.2) is 4.79 Å². The van der Waals surface area contributed by atoms with Crippen molar-refractivity contribution in [1.29, 1.82) is 0 Å². The van der Waals surface area contributed by atoms with Crippen LogP contribution < -0.4 is 0 Å². The summed E-state index contributed by atoms with van der Waals surface area (Å²) in [5, 5.41) is 0. The van der Waals surface area contributed by atoms with Crippen molar-refractivity contribution >= 4 is 18.4 Å². The van der Waals surface area contributed by atoms with Gasteiger partial charge in [0.05, 0.1) is 13.3 Å². The maximum atomic E-state index is 10.8. The van der Waals surface area contributed by atoms with Gasteiger partial charge in [-0.3, -0.25) is 9.98 Å². The Balaban J connectivity index is 2.77. The third-order valence-electron chi connectivity index (χ3n) is 1.14. The molecule has 0 spiro atoms. The van der Waals surface area contributed by atoms with Crippen LogP contribution in [0.1, 0.15) is 6.42 Å². The quantitative estimate of drug-likeness (QED) is 0.515. The summed E-state index contributed by atoms with van der Waals surface area (Å²) in [5.74, 6) is -0.458. The zero-order valence-corrected chi connectivity index (χ0v) is 6.15. The molecule has 0 saturated heterocycles. The van der Waals surface area contributed by atoms with E-state index in [0.717, 1.165) is 0 Å². The summed E-state index contributed by atoms with van der Waals surface area (Å²) in [5.41, 5.74) is 0.237. The summed E-state index contributed by atoms with van der Waals surface area (Å²) in [6.07, 6.45) is 5.31. The molecule has 58 valence electrons. The van der Waals surface area contributed by atoms with Gasteiger partial charge >= 0.3 is 5.97 Å². The molecule has 0 aromatic carbocycles. The maximum absolute atomic E-state index is 10.8. The smallest absolute Gasteiger partial charge is 0.358 e. The van der Waals surface area contributed by atoms with Gasteiger partial charge in [-0.05, 0) is 0 Å². The molecular weight excluding hydrogens is 144 g/mol. The summed E-state index contributed by atoms with van der Waals surface area (Å²) >= 11 is 0. The lowest BCUT2D eigenvalue weighted by Crippen LogP contribution is -2.02. The van der Waals surface area contributed by atoms with E-state index in [0.29, 0.717) is 6.42 Å². The van der Waals surface area contributed by atoms with Crippen LogP contribution in [0.4, 0.5) is 0 Å². The van der Waals surface area contributed by atoms with E-state index in [2.05, 4.69) is 14.7 Å². The first kappa shape index (κ1) is 7.65. The molecule has 0 atom stereocenters. The van der Waals surface area contributed by atoms with Crippen molar-refractivity contribution in [2.75, 3.05) is 7.11 Å². The summed E-state index contributed by atoms with van der Waals surface area (Å²) < 4.78 is 4.45. The van der Waals surface area contributed by atoms with Gasteiger partial charge in [-0.15, -0.1) is 0 Å². The van der Waals surface area contributed by atoms with E-state index in [9.17, 15) is 4.79 Å². The lowest BCUT2D eigenvalue weighted by atomic mass is 10.5. The van der Waals surface area contributed by atoms with E-state index in [1.807, 2.05) is 0 Å². The molecule has 0 aliphatic carbocycles. The first-order chi connectivity index (χ1) is 5.34. The standard InChI is InChI=1S/C7H8N2O2/c1-11-7(10)6-5-8-3-2-4-9-6/h3-5H,2H2,1H3. The minimum atomic E-state index is -0.458. The van der Waals surface area contributed by atoms with E-state index >= 15 is 0 Å². The number of aliphatic imine (C=N–C) groups is 2. The number of carbonyl (C=O) groups excluding carboxylic acids is 1. The van der Waals surface area contributed by atoms with Gasteiger partial charge in [-0.2, -0.15) is 0 Å². The number of hydrogen-bond acceptors (Lipinski definition) is 4. The lowest BCUT2D eigenvalue weighted by molar-refractivity contribution is -0.136. The van der Waals surface area contributed by atoms with Crippen molar-refractivity contribution in [3.8, 4) is 0 Å². The predicted molar refractivity (Wildman–Crippen MR) is 41.7 cm³/mol. The van der Waals surface area contributed by atoms with Crippen LogP contribution in [0.2, 0.25) is 0 Å². The van der Waals surface area contributed by atoms with Crippen LogP contribution in [-0.4, -0.2) is 25.5 Å². The highest BCUT2D eigenvalue weighted by Crippen LogP contribution is 2.01. The first-order valence-corrected chi connectivity index (χ1v) is 3.17. The molecule has 0 aromatic heterocycles. The zero-order chi connectivity index (χ0) is 8.10. The molecule has 1 heterocycles. The van der Waals surface area contributed by atoms with E-state index in [-0.39, 0.29) is 5.70 Å². The molecule has 1 rings (SSSR count). The van der Waals surface area contributed by atoms with Gasteiger partial charge in [0.2, 0.25) is 0 Å². The van der Waals surface area contributed by atoms with Gasteiger partial charge < -0.3 is 4.74 Å². The Labute approximate surface area is 64.3 Å². The average Bonchev–Trinajstić information content (AvgIpc) is 2.30. The number of rotatable bonds is 1. The Morgan fingerprint density at radius 2 is 2.45 bits per heavy atom. The number of carbonyl (C=O) groups is 1. The van der Waals surface area contributed by atoms with Crippen molar-refractivity contribution in [2.45, 2.75) is 6.42 Å². The molecule has 0 amide bonds. The molecule has 0 bridgehead atoms. The molecule has 0 N–H and O–H groups in total. The summed E-state index contributed by atoms with van der Waals surface area (Å²) in [7, 11) is 1.31. The SMILES string of the molecule is COC(=O)C1=CN=CCC=N1. The summed E-state index contributed by atoms with van der Waals surface area (Å²) in [6.45, 7) is 0. The fourth-order valence-corrected chi connectivity index (χ4v) is 0.626. The Hall–Kier alpha value is -1.45. The van der Waals surface area contributed by atoms with Crippen molar-refractivity contribution in [3.63, 3.8) is 0 Å². The Bertz CT molecular complexity index is 241. The zero-order valence-electron chi connectivity index (χ0n) is 6.15. The topological polar surface area (TPSA) is 51.0 Å². The third kappa shape index (κ3) is 2.00. The van der Waals surface area contributed by atoms with E-state index in [4.69, 9.17) is 0 Å². The van der Waals surface area contributed by atoms with Crippen molar-refractivity contribution in [2.24, 2.45) is 9.98 Å². The van der Waals surface area contributed by atoms with Crippen molar-refractivity contribution in [1.82, 2.24) is 0 Å². The number of methoxy groups -OCH3 is 1. The Kier molecular flexibility index (Phi) is 2.54. The summed E-state index contributed by atoms with van der Waals surface area (Å²) in [6, 6.07) is 0. The van der Waals surface area contributed by atoms with Crippen LogP contribution in [0, 0.1) is 0 Å². The highest BCUT2D eigenvalue weighted by molar-refractivity contribution is 5.92. The van der Waals surface area contributed by atoms with E-state index in [1.54, 1.807) is 12.4 Å². The van der Waals surface area contributed by atoms with Gasteiger partial charge in [0.1, 0.15) is 0 Å². The maximum Gasteiger partial charge on any atom is 0.358 e. The van der Waals surface area contributed by atoms with Crippen LogP contribution in [0.25, 0.3) is 0 Å². The second kappa shape index (κ2) is 3.65. The molecule has 4 nitrogen and oxygen atoms in total. The fourth-order valence-electron chi connectivity index (χ4n) is 0.626. The van der Waals surface area contributed by atoms with Crippen LogP contribution >= 0.6 is 0 Å². The highest BCUT2D eigenvalue weighted by Gasteiger charge is 2.06. The summed E-state index contributed by atoms with van der Waals surface area (Å²) in [4.78, 5) is 18.5. The number of hydrogen-bond donors (Lipinski definition) is 0. The molecule has 11 heavy (non-hydrogen) atoms. The minimum Gasteiger partial charge on any atom is -0.464 e. The molecule has 4 heteroatoms. The molecule has 0 aromatic rings. The monoisotopic (exact) mass is 152 g/mol. The predicted octanol–water partition coefficient (Wildman–Crippen LogP) is 0.546. The molecular formula is C7H8N2O2. The molecule has 1 aliphatic rings. The first-order valence-electron chi connectivity index (χ1n) is 3.17. The van der Waals surface area contributed by atoms with Crippen LogP contribution in [-0.2, 0) is 9.53 Å². The van der Waals surface area contributed by atoms with Crippen LogP contribution in [0.3, 0.4) is 0 Å². The van der Waals surface area contributed by atoms with Crippen molar-refractivity contribution < 1.29 is 9.53 Å². The molecule has 0 saturated carbocycles. The molecule has 0 radical (unpaired) electrons. The average molecular weight is 152 g/mol. The third-order valence-corrected chi connectivity index (χ3v) is 1.14. The Morgan fingerprint density at radius 3 is 3.18 bits per heavy atom. The lowest BCUT2D eigenvalue weighted by Gasteiger charge is -1.94. The highest BCUT2D eigenvalue weighted by atomic mass is 16.5. The molecule has 1 aliphatic heterocycles. The van der Waals surface area contributed by atoms with Gasteiger partial charge in [0.15, 0.2) is 5.70 Å². The van der Waals surface area contributed by atoms with Crippen LogP contribution in [0.15, 0.2) is 21.9 Å². The van der Waals surface area contributed by atoms with E-state index in [1.165, 1.54) is 13.3 Å². The normalized spacial score (nSPS) is 15.5. The second-order valence-electron chi connectivity index (χ2n) is 1.88. The van der Waals surface area contributed by atoms with Crippen molar-refractivity contribution in [3.05, 3.63) is 11.9 Å². The minimum absolute atomic E-state index is 0.237. The van der Waals surface area contributed by atoms with Gasteiger partial charge in [0, 0.05) is 18.9 Å².